The average molecular weight is 324 g/mol. The van der Waals surface area contributed by atoms with Crippen LogP contribution >= 0.6 is 46.6 Å². The molecule has 0 aliphatic carbocycles. The van der Waals surface area contributed by atoms with Crippen molar-refractivity contribution < 1.29 is 0 Å². The zero-order valence-electron chi connectivity index (χ0n) is 7.14. The topological polar surface area (TPSA) is 3.24 Å². The molecular weight excluding hydrogens is 308 g/mol. The molecule has 0 N–H and O–H groups in total. The number of hydrogen-bond donors (Lipinski definition) is 0. The molecule has 1 fully saturated rings. The Kier molecular flexibility index (Phi) is 8.46. The molecule has 1 unspecified atom stereocenters. The third kappa shape index (κ3) is 4.49. The van der Waals surface area contributed by atoms with Crippen molar-refractivity contribution in [3.05, 3.63) is 0 Å². The second kappa shape index (κ2) is 7.65. The molecule has 1 aliphatic heterocycles. The predicted octanol–water partition coefficient (Wildman–Crippen LogP) is 3.28. The van der Waals surface area contributed by atoms with Crippen molar-refractivity contribution in [3.8, 4) is 0 Å². The fourth-order valence-corrected chi connectivity index (χ4v) is 2.70. The van der Waals surface area contributed by atoms with Crippen LogP contribution in [0.15, 0.2) is 0 Å². The predicted molar refractivity (Wildman–Crippen MR) is 65.8 cm³/mol. The van der Waals surface area contributed by atoms with E-state index in [0.717, 1.165) is 16.5 Å². The first-order valence-corrected chi connectivity index (χ1v) is 6.06. The standard InChI is InChI=1S/C8H15ClIN.ClH/c9-5-7-11-6-3-1-2-4-8(11)10;/h8H,1-7H2;1H. The first-order chi connectivity index (χ1) is 5.34. The molecule has 0 aromatic heterocycles. The van der Waals surface area contributed by atoms with Gasteiger partial charge in [-0.05, 0) is 19.4 Å². The van der Waals surface area contributed by atoms with Crippen LogP contribution in [-0.2, 0) is 0 Å². The van der Waals surface area contributed by atoms with E-state index in [0.29, 0.717) is 0 Å². The number of halogens is 3. The van der Waals surface area contributed by atoms with Gasteiger partial charge in [0.2, 0.25) is 0 Å². The van der Waals surface area contributed by atoms with Crippen LogP contribution < -0.4 is 0 Å². The number of likely N-dealkylation sites (tertiary alicyclic amines) is 1. The minimum absolute atomic E-state index is 0. The molecule has 0 aromatic carbocycles. The van der Waals surface area contributed by atoms with Crippen molar-refractivity contribution in [1.82, 2.24) is 4.90 Å². The first-order valence-electron chi connectivity index (χ1n) is 4.28. The number of nitrogens with zero attached hydrogens (tertiary/aromatic N) is 1. The van der Waals surface area contributed by atoms with Gasteiger partial charge in [-0.25, -0.2) is 0 Å². The summed E-state index contributed by atoms with van der Waals surface area (Å²) in [5.41, 5.74) is 0. The summed E-state index contributed by atoms with van der Waals surface area (Å²) in [7, 11) is 0. The summed E-state index contributed by atoms with van der Waals surface area (Å²) >= 11 is 8.24. The maximum atomic E-state index is 5.71. The summed E-state index contributed by atoms with van der Waals surface area (Å²) in [4.78, 5) is 2.50. The molecule has 1 rings (SSSR count). The van der Waals surface area contributed by atoms with Crippen LogP contribution in [0, 0.1) is 0 Å². The highest BCUT2D eigenvalue weighted by Crippen LogP contribution is 2.20. The van der Waals surface area contributed by atoms with Crippen molar-refractivity contribution in [3.63, 3.8) is 0 Å². The molecule has 4 heteroatoms. The Labute approximate surface area is 99.8 Å². The van der Waals surface area contributed by atoms with Gasteiger partial charge in [0.15, 0.2) is 0 Å². The lowest BCUT2D eigenvalue weighted by Gasteiger charge is -2.23. The van der Waals surface area contributed by atoms with Crippen LogP contribution in [0.4, 0.5) is 0 Å². The Morgan fingerprint density at radius 3 is 2.75 bits per heavy atom. The van der Waals surface area contributed by atoms with Crippen LogP contribution in [0.1, 0.15) is 25.7 Å². The minimum Gasteiger partial charge on any atom is -0.290 e. The van der Waals surface area contributed by atoms with Gasteiger partial charge in [0.1, 0.15) is 0 Å². The maximum Gasteiger partial charge on any atom is 0.0618 e. The number of rotatable bonds is 2. The average Bonchev–Trinajstić information content (AvgIpc) is 2.18. The highest BCUT2D eigenvalue weighted by atomic mass is 127. The largest absolute Gasteiger partial charge is 0.290 e. The van der Waals surface area contributed by atoms with Crippen LogP contribution in [0.3, 0.4) is 0 Å². The van der Waals surface area contributed by atoms with Gasteiger partial charge in [0.25, 0.3) is 0 Å². The fraction of sp³-hybridized carbons (Fsp3) is 1.00. The van der Waals surface area contributed by atoms with Gasteiger partial charge in [-0.2, -0.15) is 0 Å². The Morgan fingerprint density at radius 1 is 1.33 bits per heavy atom. The molecule has 1 saturated heterocycles. The molecule has 1 aliphatic rings. The molecular formula is C8H16Cl2IN. The van der Waals surface area contributed by atoms with E-state index in [9.17, 15) is 0 Å². The van der Waals surface area contributed by atoms with E-state index in [1.807, 2.05) is 0 Å². The highest BCUT2D eigenvalue weighted by Gasteiger charge is 2.16. The van der Waals surface area contributed by atoms with Crippen molar-refractivity contribution in [2.24, 2.45) is 0 Å². The molecule has 0 bridgehead atoms. The maximum absolute atomic E-state index is 5.71. The van der Waals surface area contributed by atoms with E-state index in [-0.39, 0.29) is 12.4 Å². The monoisotopic (exact) mass is 323 g/mol. The lowest BCUT2D eigenvalue weighted by Crippen LogP contribution is -2.32. The van der Waals surface area contributed by atoms with Gasteiger partial charge in [-0.15, -0.1) is 24.0 Å². The van der Waals surface area contributed by atoms with Gasteiger partial charge in [0.05, 0.1) is 4.05 Å². The summed E-state index contributed by atoms with van der Waals surface area (Å²) in [6.07, 6.45) is 5.50. The summed E-state index contributed by atoms with van der Waals surface area (Å²) < 4.78 is 0.730. The first kappa shape index (κ1) is 13.3. The van der Waals surface area contributed by atoms with Gasteiger partial charge in [-0.3, -0.25) is 4.90 Å². The molecule has 0 spiro atoms. The van der Waals surface area contributed by atoms with Crippen LogP contribution in [0.5, 0.6) is 0 Å². The molecule has 0 radical (unpaired) electrons. The zero-order valence-corrected chi connectivity index (χ0v) is 10.9. The van der Waals surface area contributed by atoms with E-state index in [1.165, 1.54) is 32.2 Å². The van der Waals surface area contributed by atoms with Crippen molar-refractivity contribution in [1.29, 1.82) is 0 Å². The second-order valence-corrected chi connectivity index (χ2v) is 4.82. The molecule has 12 heavy (non-hydrogen) atoms. The lowest BCUT2D eigenvalue weighted by atomic mass is 10.2. The zero-order chi connectivity index (χ0) is 8.10. The molecule has 1 heterocycles. The fourth-order valence-electron chi connectivity index (χ4n) is 1.49. The van der Waals surface area contributed by atoms with E-state index in [2.05, 4.69) is 27.5 Å². The normalized spacial score (nSPS) is 26.0. The van der Waals surface area contributed by atoms with Crippen LogP contribution in [-0.4, -0.2) is 27.9 Å². The highest BCUT2D eigenvalue weighted by molar-refractivity contribution is 14.1. The smallest absolute Gasteiger partial charge is 0.0618 e. The molecule has 0 saturated carbocycles. The summed E-state index contributed by atoms with van der Waals surface area (Å²) in [5.74, 6) is 0.777. The Bertz CT molecular complexity index is 113. The molecule has 1 atom stereocenters. The Hall–Kier alpha value is 1.27. The van der Waals surface area contributed by atoms with Crippen LogP contribution in [0.25, 0.3) is 0 Å². The molecule has 0 amide bonds. The summed E-state index contributed by atoms with van der Waals surface area (Å²) in [5, 5.41) is 0. The lowest BCUT2D eigenvalue weighted by molar-refractivity contribution is 0.289. The van der Waals surface area contributed by atoms with E-state index < -0.39 is 0 Å². The third-order valence-corrected chi connectivity index (χ3v) is 3.74. The SMILES string of the molecule is Cl.ClCCN1CCCCCC1I. The molecule has 1 nitrogen and oxygen atoms in total. The Balaban J connectivity index is 0.00000121. The molecule has 0 aromatic rings. The van der Waals surface area contributed by atoms with E-state index in [1.54, 1.807) is 0 Å². The second-order valence-electron chi connectivity index (χ2n) is 3.01. The summed E-state index contributed by atoms with van der Waals surface area (Å²) in [6, 6.07) is 0. The Morgan fingerprint density at radius 2 is 2.08 bits per heavy atom. The number of alkyl halides is 2. The van der Waals surface area contributed by atoms with Crippen LogP contribution in [0.2, 0.25) is 0 Å². The van der Waals surface area contributed by atoms with Gasteiger partial charge in [-0.1, -0.05) is 35.4 Å². The van der Waals surface area contributed by atoms with Crippen molar-refractivity contribution in [2.45, 2.75) is 29.7 Å². The van der Waals surface area contributed by atoms with Crippen molar-refractivity contribution in [2.75, 3.05) is 19.0 Å². The third-order valence-electron chi connectivity index (χ3n) is 2.16. The van der Waals surface area contributed by atoms with Gasteiger partial charge >= 0.3 is 0 Å². The van der Waals surface area contributed by atoms with E-state index >= 15 is 0 Å². The van der Waals surface area contributed by atoms with Crippen molar-refractivity contribution >= 4 is 46.6 Å². The minimum atomic E-state index is 0. The number of hydrogen-bond acceptors (Lipinski definition) is 1. The summed E-state index contributed by atoms with van der Waals surface area (Å²) in [6.45, 7) is 2.31. The van der Waals surface area contributed by atoms with Gasteiger partial charge in [0, 0.05) is 12.4 Å². The van der Waals surface area contributed by atoms with Gasteiger partial charge < -0.3 is 0 Å². The quantitative estimate of drug-likeness (QED) is 0.428. The van der Waals surface area contributed by atoms with E-state index in [4.69, 9.17) is 11.6 Å². The molecule has 74 valence electrons.